The minimum Gasteiger partial charge on any atom is -0.374 e. The first-order chi connectivity index (χ1) is 15.7. The van der Waals surface area contributed by atoms with E-state index in [1.54, 1.807) is 12.4 Å². The fourth-order valence-electron chi connectivity index (χ4n) is 4.69. The normalized spacial score (nSPS) is 16.5. The molecule has 3 aromatic rings. The number of benzene rings is 1. The van der Waals surface area contributed by atoms with Crippen LogP contribution in [0.3, 0.4) is 0 Å². The number of nitrogens with zero attached hydrogens (tertiary/aromatic N) is 5. The van der Waals surface area contributed by atoms with E-state index in [4.69, 9.17) is 4.98 Å². The molecule has 1 N–H and O–H groups in total. The molecule has 32 heavy (non-hydrogen) atoms. The Kier molecular flexibility index (Phi) is 5.71. The molecule has 7 nitrogen and oxygen atoms in total. The monoisotopic (exact) mass is 428 g/mol. The van der Waals surface area contributed by atoms with Crippen molar-refractivity contribution in [2.24, 2.45) is 0 Å². The van der Waals surface area contributed by atoms with Gasteiger partial charge in [0.05, 0.1) is 11.9 Å². The molecule has 0 saturated carbocycles. The quantitative estimate of drug-likeness (QED) is 0.677. The standard InChI is InChI=1S/C25H28N6O/c1-30-12-4-5-19-15-20(7-8-22(19)30)25(32)31-13-9-18(10-14-31)21-16-26-17-24(28-21)29-23-6-2-3-11-27-23/h2-3,6-8,11,15-18H,4-5,9-10,12-14H2,1H3,(H,27,28,29). The molecular weight excluding hydrogens is 400 g/mol. The average Bonchev–Trinajstić information content (AvgIpc) is 2.84. The Morgan fingerprint density at radius 3 is 2.75 bits per heavy atom. The maximum atomic E-state index is 13.1. The number of hydrogen-bond donors (Lipinski definition) is 1. The van der Waals surface area contributed by atoms with Crippen molar-refractivity contribution in [3.8, 4) is 0 Å². The summed E-state index contributed by atoms with van der Waals surface area (Å²) in [6.45, 7) is 2.55. The van der Waals surface area contributed by atoms with Gasteiger partial charge in [-0.1, -0.05) is 6.07 Å². The number of pyridine rings is 1. The summed E-state index contributed by atoms with van der Waals surface area (Å²) >= 11 is 0. The Bertz CT molecular complexity index is 1090. The molecule has 1 aromatic carbocycles. The van der Waals surface area contributed by atoms with Crippen molar-refractivity contribution >= 4 is 23.2 Å². The predicted octanol–water partition coefficient (Wildman–Crippen LogP) is 4.02. The zero-order chi connectivity index (χ0) is 21.9. The summed E-state index contributed by atoms with van der Waals surface area (Å²) in [4.78, 5) is 30.8. The van der Waals surface area contributed by atoms with Gasteiger partial charge in [0.15, 0.2) is 0 Å². The van der Waals surface area contributed by atoms with Crippen LogP contribution in [0.2, 0.25) is 0 Å². The van der Waals surface area contributed by atoms with Gasteiger partial charge in [-0.05, 0) is 61.6 Å². The van der Waals surface area contributed by atoms with Crippen LogP contribution < -0.4 is 10.2 Å². The molecule has 0 atom stereocenters. The van der Waals surface area contributed by atoms with E-state index in [1.165, 1.54) is 11.3 Å². The summed E-state index contributed by atoms with van der Waals surface area (Å²) in [6.07, 6.45) is 9.26. The summed E-state index contributed by atoms with van der Waals surface area (Å²) in [6, 6.07) is 11.9. The maximum absolute atomic E-state index is 13.1. The van der Waals surface area contributed by atoms with E-state index in [0.29, 0.717) is 11.7 Å². The van der Waals surface area contributed by atoms with Gasteiger partial charge >= 0.3 is 0 Å². The summed E-state index contributed by atoms with van der Waals surface area (Å²) in [5.74, 6) is 1.87. The highest BCUT2D eigenvalue weighted by molar-refractivity contribution is 5.95. The third-order valence-electron chi connectivity index (χ3n) is 6.45. The number of nitrogens with one attached hydrogen (secondary N) is 1. The number of aromatic nitrogens is 3. The predicted molar refractivity (Wildman–Crippen MR) is 125 cm³/mol. The molecule has 0 aliphatic carbocycles. The van der Waals surface area contributed by atoms with Crippen LogP contribution in [0.4, 0.5) is 17.3 Å². The van der Waals surface area contributed by atoms with Gasteiger partial charge in [-0.2, -0.15) is 0 Å². The zero-order valence-electron chi connectivity index (χ0n) is 18.4. The average molecular weight is 429 g/mol. The van der Waals surface area contributed by atoms with E-state index in [0.717, 1.165) is 62.4 Å². The molecule has 4 heterocycles. The van der Waals surface area contributed by atoms with Gasteiger partial charge in [-0.25, -0.2) is 9.97 Å². The number of anilines is 3. The Balaban J connectivity index is 1.23. The number of piperidine rings is 1. The molecule has 0 unspecified atom stereocenters. The zero-order valence-corrected chi connectivity index (χ0v) is 18.4. The van der Waals surface area contributed by atoms with Crippen molar-refractivity contribution < 1.29 is 4.79 Å². The van der Waals surface area contributed by atoms with Gasteiger partial charge in [-0.3, -0.25) is 9.78 Å². The number of likely N-dealkylation sites (tertiary alicyclic amines) is 1. The summed E-state index contributed by atoms with van der Waals surface area (Å²) in [5, 5.41) is 3.21. The first kappa shape index (κ1) is 20.4. The number of fused-ring (bicyclic) bond motifs is 1. The highest BCUT2D eigenvalue weighted by Crippen LogP contribution is 2.30. The van der Waals surface area contributed by atoms with Crippen LogP contribution in [0.5, 0.6) is 0 Å². The Morgan fingerprint density at radius 2 is 1.94 bits per heavy atom. The van der Waals surface area contributed by atoms with Crippen molar-refractivity contribution in [3.05, 3.63) is 71.8 Å². The third-order valence-corrected chi connectivity index (χ3v) is 6.45. The fourth-order valence-corrected chi connectivity index (χ4v) is 4.69. The minimum absolute atomic E-state index is 0.135. The Labute approximate surface area is 188 Å². The van der Waals surface area contributed by atoms with Crippen LogP contribution in [-0.4, -0.2) is 52.4 Å². The summed E-state index contributed by atoms with van der Waals surface area (Å²) < 4.78 is 0. The van der Waals surface area contributed by atoms with Crippen LogP contribution in [0.25, 0.3) is 0 Å². The molecule has 2 aromatic heterocycles. The maximum Gasteiger partial charge on any atom is 0.253 e. The van der Waals surface area contributed by atoms with E-state index in [2.05, 4.69) is 39.4 Å². The largest absolute Gasteiger partial charge is 0.374 e. The summed E-state index contributed by atoms with van der Waals surface area (Å²) in [5.41, 5.74) is 4.31. The van der Waals surface area contributed by atoms with Gasteiger partial charge < -0.3 is 15.1 Å². The van der Waals surface area contributed by atoms with Gasteiger partial charge in [0.2, 0.25) is 0 Å². The topological polar surface area (TPSA) is 74.2 Å². The highest BCUT2D eigenvalue weighted by Gasteiger charge is 2.26. The molecule has 0 spiro atoms. The smallest absolute Gasteiger partial charge is 0.253 e. The molecule has 1 amide bonds. The Hall–Kier alpha value is -3.48. The SMILES string of the molecule is CN1CCCc2cc(C(=O)N3CCC(c4cncc(Nc5ccccn5)n4)CC3)ccc21. The Morgan fingerprint density at radius 1 is 1.06 bits per heavy atom. The molecule has 2 aliphatic rings. The lowest BCUT2D eigenvalue weighted by Gasteiger charge is -2.32. The van der Waals surface area contributed by atoms with E-state index >= 15 is 0 Å². The van der Waals surface area contributed by atoms with Crippen molar-refractivity contribution in [1.29, 1.82) is 0 Å². The molecule has 1 saturated heterocycles. The second kappa shape index (κ2) is 8.94. The first-order valence-electron chi connectivity index (χ1n) is 11.3. The number of carbonyl (C=O) groups is 1. The van der Waals surface area contributed by atoms with E-state index in [1.807, 2.05) is 35.4 Å². The van der Waals surface area contributed by atoms with Crippen LogP contribution in [0.1, 0.15) is 46.8 Å². The minimum atomic E-state index is 0.135. The van der Waals surface area contributed by atoms with Gasteiger partial charge in [0.25, 0.3) is 5.91 Å². The number of rotatable bonds is 4. The molecule has 2 aliphatic heterocycles. The molecule has 0 radical (unpaired) electrons. The van der Waals surface area contributed by atoms with E-state index < -0.39 is 0 Å². The van der Waals surface area contributed by atoms with Crippen molar-refractivity contribution in [3.63, 3.8) is 0 Å². The van der Waals surface area contributed by atoms with Gasteiger partial charge in [0.1, 0.15) is 11.6 Å². The van der Waals surface area contributed by atoms with E-state index in [-0.39, 0.29) is 5.91 Å². The molecule has 1 fully saturated rings. The lowest BCUT2D eigenvalue weighted by atomic mass is 9.93. The number of carbonyl (C=O) groups excluding carboxylic acids is 1. The lowest BCUT2D eigenvalue weighted by molar-refractivity contribution is 0.0712. The number of amides is 1. The van der Waals surface area contributed by atoms with Crippen molar-refractivity contribution in [1.82, 2.24) is 19.9 Å². The van der Waals surface area contributed by atoms with Crippen LogP contribution >= 0.6 is 0 Å². The molecule has 7 heteroatoms. The van der Waals surface area contributed by atoms with Crippen LogP contribution in [0, 0.1) is 0 Å². The fraction of sp³-hybridized carbons (Fsp3) is 0.360. The second-order valence-electron chi connectivity index (χ2n) is 8.60. The van der Waals surface area contributed by atoms with Crippen LogP contribution in [0.15, 0.2) is 55.0 Å². The first-order valence-corrected chi connectivity index (χ1v) is 11.3. The highest BCUT2D eigenvalue weighted by atomic mass is 16.2. The number of aryl methyl sites for hydroxylation is 1. The van der Waals surface area contributed by atoms with Crippen molar-refractivity contribution in [2.45, 2.75) is 31.6 Å². The molecule has 5 rings (SSSR count). The molecule has 164 valence electrons. The summed E-state index contributed by atoms with van der Waals surface area (Å²) in [7, 11) is 2.12. The van der Waals surface area contributed by atoms with Crippen LogP contribution in [-0.2, 0) is 6.42 Å². The van der Waals surface area contributed by atoms with E-state index in [9.17, 15) is 4.79 Å². The van der Waals surface area contributed by atoms with Gasteiger partial charge in [0, 0.05) is 56.2 Å². The number of hydrogen-bond acceptors (Lipinski definition) is 6. The third kappa shape index (κ3) is 4.28. The molecule has 0 bridgehead atoms. The van der Waals surface area contributed by atoms with Gasteiger partial charge in [-0.15, -0.1) is 0 Å². The second-order valence-corrected chi connectivity index (χ2v) is 8.60. The lowest BCUT2D eigenvalue weighted by Crippen LogP contribution is -2.38. The molecular formula is C25H28N6O. The van der Waals surface area contributed by atoms with Crippen molar-refractivity contribution in [2.75, 3.05) is 36.9 Å².